The third-order valence-electron chi connectivity index (χ3n) is 12.3. The highest BCUT2D eigenvalue weighted by molar-refractivity contribution is 6.24. The minimum atomic E-state index is 1.12. The van der Waals surface area contributed by atoms with Crippen molar-refractivity contribution >= 4 is 87.2 Å². The molecule has 0 bridgehead atoms. The van der Waals surface area contributed by atoms with Crippen LogP contribution in [0, 0.1) is 0 Å². The van der Waals surface area contributed by atoms with E-state index in [4.69, 9.17) is 0 Å². The van der Waals surface area contributed by atoms with E-state index in [-0.39, 0.29) is 0 Å². The summed E-state index contributed by atoms with van der Waals surface area (Å²) in [4.78, 5) is 0. The molecule has 0 atom stereocenters. The number of benzene rings is 9. The van der Waals surface area contributed by atoms with Gasteiger partial charge in [-0.25, -0.2) is 0 Å². The van der Waals surface area contributed by atoms with E-state index in [0.29, 0.717) is 0 Å². The normalized spacial score (nSPS) is 12.1. The highest BCUT2D eigenvalue weighted by Crippen LogP contribution is 2.43. The second-order valence-corrected chi connectivity index (χ2v) is 15.3. The van der Waals surface area contributed by atoms with Gasteiger partial charge in [-0.05, 0) is 78.9 Å². The summed E-state index contributed by atoms with van der Waals surface area (Å²) in [6.07, 6.45) is 0. The van der Waals surface area contributed by atoms with Crippen LogP contribution in [0.15, 0.2) is 206 Å². The van der Waals surface area contributed by atoms with Gasteiger partial charge in [-0.2, -0.15) is 0 Å². The minimum Gasteiger partial charge on any atom is -0.309 e. The largest absolute Gasteiger partial charge is 0.309 e. The Morgan fingerprint density at radius 1 is 0.190 bits per heavy atom. The topological polar surface area (TPSA) is 19.7 Å². The van der Waals surface area contributed by atoms with Crippen LogP contribution in [0.1, 0.15) is 0 Å². The number of rotatable bonds is 4. The van der Waals surface area contributed by atoms with Gasteiger partial charge in [-0.1, -0.05) is 127 Å². The van der Waals surface area contributed by atoms with E-state index in [1.165, 1.54) is 87.2 Å². The number of hydrogen-bond acceptors (Lipinski definition) is 0. The minimum absolute atomic E-state index is 1.12. The number of para-hydroxylation sites is 6. The number of nitrogens with zero attached hydrogens (tertiary/aromatic N) is 4. The summed E-state index contributed by atoms with van der Waals surface area (Å²) in [6.45, 7) is 0. The molecule has 0 fully saturated rings. The van der Waals surface area contributed by atoms with Crippen LogP contribution >= 0.6 is 0 Å². The van der Waals surface area contributed by atoms with Gasteiger partial charge in [0.05, 0.1) is 44.1 Å². The van der Waals surface area contributed by atoms with Crippen molar-refractivity contribution in [3.8, 4) is 22.7 Å². The predicted molar refractivity (Wildman–Crippen MR) is 244 cm³/mol. The quantitative estimate of drug-likeness (QED) is 0.171. The molecule has 0 aliphatic rings. The zero-order valence-electron chi connectivity index (χ0n) is 31.4. The van der Waals surface area contributed by atoms with E-state index in [2.05, 4.69) is 225 Å². The lowest BCUT2D eigenvalue weighted by molar-refractivity contribution is 1.13. The standard InChI is InChI=1S/C54H34N4/c1-3-16-35(17-4-1)55-47-26-11-9-24-41(47)45-34-52-46(33-51(45)55)42-25-10-12-27-48(42)56(52)37-20-15-21-38(32-37)58-50-29-14-8-23-40(50)44-31-30-43-39-22-7-13-28-49(39)57(53(43)54(44)58)36-18-5-2-6-19-36/h1-34H. The first-order valence-electron chi connectivity index (χ1n) is 20.0. The van der Waals surface area contributed by atoms with Crippen LogP contribution in [0.3, 0.4) is 0 Å². The molecule has 0 saturated carbocycles. The Kier molecular flexibility index (Phi) is 6.41. The molecule has 0 unspecified atom stereocenters. The van der Waals surface area contributed by atoms with Crippen molar-refractivity contribution in [1.82, 2.24) is 18.3 Å². The van der Waals surface area contributed by atoms with Crippen molar-refractivity contribution in [2.45, 2.75) is 0 Å². The van der Waals surface area contributed by atoms with Gasteiger partial charge in [0.2, 0.25) is 0 Å². The first kappa shape index (κ1) is 31.4. The van der Waals surface area contributed by atoms with E-state index in [9.17, 15) is 0 Å². The molecule has 4 nitrogen and oxygen atoms in total. The van der Waals surface area contributed by atoms with Crippen LogP contribution in [0.4, 0.5) is 0 Å². The van der Waals surface area contributed by atoms with Gasteiger partial charge in [0, 0.05) is 65.8 Å². The summed E-state index contributed by atoms with van der Waals surface area (Å²) < 4.78 is 9.83. The zero-order valence-corrected chi connectivity index (χ0v) is 31.4. The van der Waals surface area contributed by atoms with Gasteiger partial charge in [-0.15, -0.1) is 0 Å². The van der Waals surface area contributed by atoms with Crippen molar-refractivity contribution in [1.29, 1.82) is 0 Å². The lowest BCUT2D eigenvalue weighted by Gasteiger charge is -2.14. The van der Waals surface area contributed by atoms with Crippen molar-refractivity contribution in [2.24, 2.45) is 0 Å². The lowest BCUT2D eigenvalue weighted by Crippen LogP contribution is -2.00. The number of fused-ring (bicyclic) bond motifs is 13. The Morgan fingerprint density at radius 3 is 1.00 bits per heavy atom. The second-order valence-electron chi connectivity index (χ2n) is 15.3. The Labute approximate surface area is 333 Å². The van der Waals surface area contributed by atoms with E-state index in [1.807, 2.05) is 0 Å². The molecule has 0 N–H and O–H groups in total. The Morgan fingerprint density at radius 2 is 0.517 bits per heavy atom. The highest BCUT2D eigenvalue weighted by atomic mass is 15.1. The monoisotopic (exact) mass is 738 g/mol. The fraction of sp³-hybridized carbons (Fsp3) is 0. The van der Waals surface area contributed by atoms with Gasteiger partial charge in [0.25, 0.3) is 0 Å². The molecule has 0 spiro atoms. The molecule has 13 rings (SSSR count). The molecule has 4 heterocycles. The molecule has 0 aliphatic carbocycles. The lowest BCUT2D eigenvalue weighted by atomic mass is 10.1. The highest BCUT2D eigenvalue weighted by Gasteiger charge is 2.22. The summed E-state index contributed by atoms with van der Waals surface area (Å²) in [5.74, 6) is 0. The first-order chi connectivity index (χ1) is 28.8. The Balaban J connectivity index is 1.13. The van der Waals surface area contributed by atoms with E-state index < -0.39 is 0 Å². The maximum Gasteiger partial charge on any atom is 0.0788 e. The first-order valence-corrected chi connectivity index (χ1v) is 20.0. The van der Waals surface area contributed by atoms with Gasteiger partial charge in [-0.3, -0.25) is 0 Å². The zero-order chi connectivity index (χ0) is 37.9. The van der Waals surface area contributed by atoms with Crippen molar-refractivity contribution in [2.75, 3.05) is 0 Å². The van der Waals surface area contributed by atoms with E-state index in [0.717, 1.165) is 22.7 Å². The molecule has 0 radical (unpaired) electrons. The van der Waals surface area contributed by atoms with Crippen LogP contribution in [-0.2, 0) is 0 Å². The van der Waals surface area contributed by atoms with E-state index in [1.54, 1.807) is 0 Å². The number of hydrogen-bond donors (Lipinski definition) is 0. The van der Waals surface area contributed by atoms with E-state index >= 15 is 0 Å². The van der Waals surface area contributed by atoms with Crippen molar-refractivity contribution < 1.29 is 0 Å². The summed E-state index contributed by atoms with van der Waals surface area (Å²) in [5.41, 5.74) is 14.1. The summed E-state index contributed by atoms with van der Waals surface area (Å²) in [6, 6.07) is 75.4. The molecule has 4 heteroatoms. The third-order valence-corrected chi connectivity index (χ3v) is 12.3. The Bertz CT molecular complexity index is 3780. The van der Waals surface area contributed by atoms with Crippen LogP contribution < -0.4 is 0 Å². The molecule has 0 saturated heterocycles. The molecular weight excluding hydrogens is 705 g/mol. The average Bonchev–Trinajstić information content (AvgIpc) is 4.01. The van der Waals surface area contributed by atoms with Gasteiger partial charge in [0.1, 0.15) is 0 Å². The van der Waals surface area contributed by atoms with Crippen molar-refractivity contribution in [3.05, 3.63) is 206 Å². The van der Waals surface area contributed by atoms with Crippen LogP contribution in [0.5, 0.6) is 0 Å². The summed E-state index contributed by atoms with van der Waals surface area (Å²) in [7, 11) is 0. The maximum atomic E-state index is 2.49. The molecule has 58 heavy (non-hydrogen) atoms. The summed E-state index contributed by atoms with van der Waals surface area (Å²) in [5, 5.41) is 9.93. The fourth-order valence-corrected chi connectivity index (χ4v) is 9.95. The average molecular weight is 739 g/mol. The summed E-state index contributed by atoms with van der Waals surface area (Å²) >= 11 is 0. The molecular formula is C54H34N4. The fourth-order valence-electron chi connectivity index (χ4n) is 9.95. The van der Waals surface area contributed by atoms with Crippen molar-refractivity contribution in [3.63, 3.8) is 0 Å². The smallest absolute Gasteiger partial charge is 0.0788 e. The molecule has 0 aliphatic heterocycles. The second kappa shape index (κ2) is 11.8. The van der Waals surface area contributed by atoms with Crippen LogP contribution in [0.2, 0.25) is 0 Å². The maximum absolute atomic E-state index is 2.49. The molecule has 13 aromatic rings. The molecule has 0 amide bonds. The molecule has 4 aromatic heterocycles. The van der Waals surface area contributed by atoms with Gasteiger partial charge in [0.15, 0.2) is 0 Å². The third kappa shape index (κ3) is 4.23. The van der Waals surface area contributed by atoms with Gasteiger partial charge < -0.3 is 18.3 Å². The number of aromatic nitrogens is 4. The predicted octanol–water partition coefficient (Wildman–Crippen LogP) is 14.1. The SMILES string of the molecule is c1ccc(-n2c3ccccc3c3cc4c(cc32)c2ccccc2n4-c2cccc(-n3c4ccccc4c4ccc5c6ccccc6n(-c6ccccc6)c5c43)c2)cc1. The van der Waals surface area contributed by atoms with Crippen LogP contribution in [-0.4, -0.2) is 18.3 Å². The molecule has 9 aromatic carbocycles. The van der Waals surface area contributed by atoms with Gasteiger partial charge >= 0.3 is 0 Å². The Hall–Kier alpha value is -7.82. The van der Waals surface area contributed by atoms with Crippen LogP contribution in [0.25, 0.3) is 110 Å². The molecule has 270 valence electrons.